The number of ether oxygens (including phenoxy) is 2. The summed E-state index contributed by atoms with van der Waals surface area (Å²) in [6.07, 6.45) is 0.797. The minimum absolute atomic E-state index is 0.0160. The zero-order chi connectivity index (χ0) is 17.8. The Bertz CT molecular complexity index is 689. The molecule has 3 heterocycles. The van der Waals surface area contributed by atoms with Gasteiger partial charge in [-0.1, -0.05) is 18.7 Å². The maximum absolute atomic E-state index is 12.8. The molecule has 1 atom stereocenters. The maximum Gasteiger partial charge on any atom is 0.268 e. The van der Waals surface area contributed by atoms with Gasteiger partial charge in [0.2, 0.25) is 5.91 Å². The van der Waals surface area contributed by atoms with E-state index in [1.807, 2.05) is 0 Å². The number of nitrogens with zero attached hydrogens (tertiary/aromatic N) is 3. The fraction of sp³-hybridized carbons (Fsp3) is 0.688. The molecule has 1 unspecified atom stereocenters. The predicted octanol–water partition coefficient (Wildman–Crippen LogP) is 0.877. The number of rotatable bonds is 6. The van der Waals surface area contributed by atoms with Crippen LogP contribution in [0.3, 0.4) is 0 Å². The lowest BCUT2D eigenvalue weighted by molar-refractivity contribution is -0.132. The molecule has 1 amide bonds. The average Bonchev–Trinajstić information content (AvgIpc) is 3.00. The van der Waals surface area contributed by atoms with Gasteiger partial charge in [0, 0.05) is 31.9 Å². The van der Waals surface area contributed by atoms with E-state index in [1.54, 1.807) is 28.3 Å². The lowest BCUT2D eigenvalue weighted by Gasteiger charge is -2.26. The molecule has 2 aliphatic heterocycles. The number of amides is 1. The second-order valence-corrected chi connectivity index (χ2v) is 8.43. The molecule has 7 nitrogen and oxygen atoms in total. The van der Waals surface area contributed by atoms with Crippen molar-refractivity contribution in [3.63, 3.8) is 0 Å². The topological polar surface area (TPSA) is 73.7 Å². The van der Waals surface area contributed by atoms with Gasteiger partial charge in [-0.05, 0) is 0 Å². The van der Waals surface area contributed by atoms with E-state index in [2.05, 4.69) is 11.9 Å². The SMILES string of the molecule is COCCn1c(SCC(=O)N2CCOCC2)nc2c(c1=O)SC(C)C2. The van der Waals surface area contributed by atoms with Crippen LogP contribution in [0.25, 0.3) is 0 Å². The van der Waals surface area contributed by atoms with Crippen LogP contribution in [0.2, 0.25) is 0 Å². The summed E-state index contributed by atoms with van der Waals surface area (Å²) in [4.78, 5) is 32.4. The van der Waals surface area contributed by atoms with Gasteiger partial charge in [-0.3, -0.25) is 14.2 Å². The van der Waals surface area contributed by atoms with Crippen LogP contribution in [0, 0.1) is 0 Å². The molecule has 1 fully saturated rings. The molecule has 0 aliphatic carbocycles. The highest BCUT2D eigenvalue weighted by Crippen LogP contribution is 2.34. The van der Waals surface area contributed by atoms with E-state index in [-0.39, 0.29) is 17.2 Å². The van der Waals surface area contributed by atoms with E-state index in [9.17, 15) is 9.59 Å². The van der Waals surface area contributed by atoms with E-state index in [4.69, 9.17) is 9.47 Å². The third-order valence-electron chi connectivity index (χ3n) is 4.17. The third-order valence-corrected chi connectivity index (χ3v) is 6.35. The number of aromatic nitrogens is 2. The number of fused-ring (bicyclic) bond motifs is 1. The normalized spacial score (nSPS) is 19.9. The molecule has 1 aromatic heterocycles. The second-order valence-electron chi connectivity index (χ2n) is 6.03. The highest BCUT2D eigenvalue weighted by Gasteiger charge is 2.27. The molecule has 1 aromatic rings. The van der Waals surface area contributed by atoms with Crippen molar-refractivity contribution in [2.24, 2.45) is 0 Å². The van der Waals surface area contributed by atoms with Gasteiger partial charge in [-0.25, -0.2) is 4.98 Å². The van der Waals surface area contributed by atoms with Gasteiger partial charge < -0.3 is 14.4 Å². The molecule has 0 saturated carbocycles. The Morgan fingerprint density at radius 1 is 1.44 bits per heavy atom. The van der Waals surface area contributed by atoms with Gasteiger partial charge in [-0.2, -0.15) is 0 Å². The summed E-state index contributed by atoms with van der Waals surface area (Å²) >= 11 is 2.92. The summed E-state index contributed by atoms with van der Waals surface area (Å²) in [5.41, 5.74) is 0.843. The van der Waals surface area contributed by atoms with Crippen LogP contribution in [0.15, 0.2) is 14.8 Å². The fourth-order valence-corrected chi connectivity index (χ4v) is 4.91. The van der Waals surface area contributed by atoms with E-state index in [0.29, 0.717) is 49.9 Å². The standard InChI is InChI=1S/C16H23N3O4S2/c1-11-9-12-14(25-11)15(21)19(5-6-22-2)16(17-12)24-10-13(20)18-3-7-23-8-4-18/h11H,3-10H2,1-2H3. The first kappa shape index (κ1) is 18.8. The summed E-state index contributed by atoms with van der Waals surface area (Å²) in [5.74, 6) is 0.338. The molecular formula is C16H23N3O4S2. The van der Waals surface area contributed by atoms with Crippen LogP contribution in [0.1, 0.15) is 12.6 Å². The van der Waals surface area contributed by atoms with Crippen molar-refractivity contribution < 1.29 is 14.3 Å². The third kappa shape index (κ3) is 4.39. The predicted molar refractivity (Wildman–Crippen MR) is 97.5 cm³/mol. The van der Waals surface area contributed by atoms with E-state index in [0.717, 1.165) is 17.0 Å². The monoisotopic (exact) mass is 385 g/mol. The van der Waals surface area contributed by atoms with Gasteiger partial charge in [0.25, 0.3) is 5.56 Å². The molecule has 0 spiro atoms. The lowest BCUT2D eigenvalue weighted by Crippen LogP contribution is -2.41. The zero-order valence-corrected chi connectivity index (χ0v) is 16.2. The van der Waals surface area contributed by atoms with Crippen LogP contribution < -0.4 is 5.56 Å². The van der Waals surface area contributed by atoms with E-state index < -0.39 is 0 Å². The van der Waals surface area contributed by atoms with Gasteiger partial charge in [-0.15, -0.1) is 11.8 Å². The molecule has 0 aromatic carbocycles. The summed E-state index contributed by atoms with van der Waals surface area (Å²) in [7, 11) is 1.61. The Kier molecular flexibility index (Phi) is 6.43. The first-order valence-electron chi connectivity index (χ1n) is 8.37. The largest absolute Gasteiger partial charge is 0.383 e. The van der Waals surface area contributed by atoms with Gasteiger partial charge >= 0.3 is 0 Å². The minimum atomic E-state index is -0.0160. The van der Waals surface area contributed by atoms with Crippen molar-refractivity contribution in [1.29, 1.82) is 0 Å². The van der Waals surface area contributed by atoms with E-state index >= 15 is 0 Å². The van der Waals surface area contributed by atoms with Gasteiger partial charge in [0.05, 0.1) is 42.7 Å². The van der Waals surface area contributed by atoms with Crippen LogP contribution in [0.5, 0.6) is 0 Å². The first-order chi connectivity index (χ1) is 12.1. The zero-order valence-electron chi connectivity index (χ0n) is 14.5. The smallest absolute Gasteiger partial charge is 0.268 e. The number of hydrogen-bond acceptors (Lipinski definition) is 7. The van der Waals surface area contributed by atoms with Crippen LogP contribution in [-0.4, -0.2) is 71.4 Å². The molecule has 0 N–H and O–H groups in total. The lowest BCUT2D eigenvalue weighted by atomic mass is 10.2. The maximum atomic E-state index is 12.8. The Morgan fingerprint density at radius 3 is 2.92 bits per heavy atom. The summed E-state index contributed by atoms with van der Waals surface area (Å²) < 4.78 is 12.0. The Labute approximate surface area is 155 Å². The molecule has 25 heavy (non-hydrogen) atoms. The molecule has 2 aliphatic rings. The van der Waals surface area contributed by atoms with Crippen molar-refractivity contribution in [2.45, 2.75) is 35.2 Å². The Balaban J connectivity index is 1.77. The highest BCUT2D eigenvalue weighted by molar-refractivity contribution is 8.00. The minimum Gasteiger partial charge on any atom is -0.383 e. The Hall–Kier alpha value is -1.03. The summed E-state index contributed by atoms with van der Waals surface area (Å²) in [6.45, 7) is 5.40. The van der Waals surface area contributed by atoms with Crippen molar-refractivity contribution >= 4 is 29.4 Å². The number of carbonyl (C=O) groups excluding carboxylic acids is 1. The molecule has 9 heteroatoms. The number of hydrogen-bond donors (Lipinski definition) is 0. The summed E-state index contributed by atoms with van der Waals surface area (Å²) in [5, 5.41) is 0.971. The fourth-order valence-electron chi connectivity index (χ4n) is 2.85. The van der Waals surface area contributed by atoms with Gasteiger partial charge in [0.15, 0.2) is 5.16 Å². The van der Waals surface area contributed by atoms with E-state index in [1.165, 1.54) is 11.8 Å². The van der Waals surface area contributed by atoms with Crippen LogP contribution in [-0.2, 0) is 27.2 Å². The average molecular weight is 386 g/mol. The van der Waals surface area contributed by atoms with Crippen molar-refractivity contribution in [1.82, 2.24) is 14.5 Å². The van der Waals surface area contributed by atoms with Crippen molar-refractivity contribution in [3.05, 3.63) is 16.0 Å². The van der Waals surface area contributed by atoms with Crippen molar-refractivity contribution in [3.8, 4) is 0 Å². The highest BCUT2D eigenvalue weighted by atomic mass is 32.2. The number of methoxy groups -OCH3 is 1. The van der Waals surface area contributed by atoms with Crippen LogP contribution in [0.4, 0.5) is 0 Å². The van der Waals surface area contributed by atoms with Crippen LogP contribution >= 0.6 is 23.5 Å². The Morgan fingerprint density at radius 2 is 2.20 bits per heavy atom. The molecule has 1 saturated heterocycles. The molecule has 0 radical (unpaired) electrons. The van der Waals surface area contributed by atoms with Crippen molar-refractivity contribution in [2.75, 3.05) is 45.8 Å². The summed E-state index contributed by atoms with van der Waals surface area (Å²) in [6, 6.07) is 0. The second kappa shape index (κ2) is 8.57. The number of thioether (sulfide) groups is 2. The van der Waals surface area contributed by atoms with Gasteiger partial charge in [0.1, 0.15) is 0 Å². The molecule has 3 rings (SSSR count). The first-order valence-corrected chi connectivity index (χ1v) is 10.2. The number of carbonyl (C=O) groups is 1. The molecular weight excluding hydrogens is 362 g/mol. The quantitative estimate of drug-likeness (QED) is 0.531. The molecule has 138 valence electrons. The number of morpholine rings is 1. The molecule has 0 bridgehead atoms.